The topological polar surface area (TPSA) is 343 Å². The van der Waals surface area contributed by atoms with Gasteiger partial charge >= 0.3 is 15.4 Å². The second-order valence-electron chi connectivity index (χ2n) is 10.0. The lowest BCUT2D eigenvalue weighted by Gasteiger charge is -2.25. The molecule has 10 atom stereocenters. The van der Waals surface area contributed by atoms with E-state index in [1.54, 1.807) is 0 Å². The van der Waals surface area contributed by atoms with E-state index in [1.807, 2.05) is 0 Å². The normalized spacial score (nSPS) is 37.7. The maximum atomic E-state index is 13.2. The Bertz CT molecular complexity index is 1940. The molecule has 0 saturated carbocycles. The first kappa shape index (κ1) is 30.2. The summed E-state index contributed by atoms with van der Waals surface area (Å²) in [5, 5.41) is 29.5. The molecule has 0 spiro atoms. The zero-order chi connectivity index (χ0) is 31.8. The predicted molar refractivity (Wildman–Crippen MR) is 141 cm³/mol. The lowest BCUT2D eigenvalue weighted by Crippen LogP contribution is -2.36. The van der Waals surface area contributed by atoms with Crippen molar-refractivity contribution in [2.45, 2.75) is 49.3 Å². The maximum absolute atomic E-state index is 13.2. The zero-order valence-electron chi connectivity index (χ0n) is 22.3. The average Bonchev–Trinajstić information content (AvgIpc) is 3.72. The van der Waals surface area contributed by atoms with Crippen molar-refractivity contribution in [1.29, 1.82) is 0 Å². The zero-order valence-corrected chi connectivity index (χ0v) is 24.1. The number of hydrogen-bond acceptors (Lipinski definition) is 19. The van der Waals surface area contributed by atoms with Crippen molar-refractivity contribution in [3.05, 3.63) is 23.0 Å². The van der Waals surface area contributed by atoms with Gasteiger partial charge < -0.3 is 45.7 Å². The number of nitrogens with two attached hydrogens (primary N) is 2. The van der Waals surface area contributed by atoms with E-state index in [0.717, 1.165) is 11.0 Å². The molecule has 3 fully saturated rings. The Morgan fingerprint density at radius 3 is 2.58 bits per heavy atom. The molecule has 4 unspecified atom stereocenters. The van der Waals surface area contributed by atoms with E-state index >= 15 is 0 Å². The van der Waals surface area contributed by atoms with Gasteiger partial charge in [-0.3, -0.25) is 32.5 Å². The Balaban J connectivity index is 1.21. The number of rotatable bonds is 2. The maximum Gasteiger partial charge on any atom is 0.472 e. The van der Waals surface area contributed by atoms with E-state index in [1.165, 1.54) is 10.9 Å². The molecule has 0 radical (unpaired) electrons. The largest absolute Gasteiger partial charge is 0.472 e. The van der Waals surface area contributed by atoms with Crippen LogP contribution in [0, 0.1) is 0 Å². The molecule has 9 N–H and O–H groups in total. The molecule has 24 nitrogen and oxygen atoms in total. The summed E-state index contributed by atoms with van der Waals surface area (Å²) in [5.74, 6) is -0.297. The number of phosphoric ester groups is 1. The van der Waals surface area contributed by atoms with Gasteiger partial charge in [-0.05, 0) is 0 Å². The summed E-state index contributed by atoms with van der Waals surface area (Å²) in [5.41, 5.74) is 10.4. The second kappa shape index (κ2) is 10.8. The Morgan fingerprint density at radius 1 is 0.978 bits per heavy atom. The van der Waals surface area contributed by atoms with Crippen LogP contribution < -0.4 is 17.0 Å². The van der Waals surface area contributed by atoms with Crippen molar-refractivity contribution >= 4 is 49.5 Å². The number of aliphatic hydroxyl groups is 2. The van der Waals surface area contributed by atoms with Crippen LogP contribution in [-0.2, 0) is 36.9 Å². The van der Waals surface area contributed by atoms with E-state index in [0.29, 0.717) is 0 Å². The van der Waals surface area contributed by atoms with E-state index in [9.17, 15) is 33.9 Å². The molecule has 3 aliphatic rings. The summed E-state index contributed by atoms with van der Waals surface area (Å²) in [6, 6.07) is 0. The molecule has 242 valence electrons. The van der Waals surface area contributed by atoms with Crippen LogP contribution in [0.25, 0.3) is 22.3 Å². The number of anilines is 2. The minimum atomic E-state index is -5.16. The Morgan fingerprint density at radius 2 is 1.78 bits per heavy atom. The first-order chi connectivity index (χ1) is 21.3. The van der Waals surface area contributed by atoms with Crippen LogP contribution >= 0.6 is 15.4 Å². The molecule has 7 rings (SSSR count). The molecule has 0 amide bonds. The highest BCUT2D eigenvalue weighted by Gasteiger charge is 2.54. The SMILES string of the molecule is Nc1nc2c(nnn2[C@@H]2O[C@@H]3OCP(=O)(O)OC4[C@@H](O)[C@H](n5cnc6c(N)ncnc65)O[C@@H]4COP(=O)(O)O[C@H]2C3O)c(=O)[nH]1. The van der Waals surface area contributed by atoms with Crippen molar-refractivity contribution in [3.63, 3.8) is 0 Å². The molecule has 7 heterocycles. The third-order valence-electron chi connectivity index (χ3n) is 7.08. The molecular weight excluding hydrogens is 652 g/mol. The standard InChI is InChI=1S/C19H23N11O13P2/c20-12-6-13(23-2-22-12)29(3-24-6)16-8(31)10-5(40-16)1-39-45(36,37)43-11-9(32)18(38-4-44(34,35)42-10)41-17(11)30-14-7(27-28-30)15(33)26-19(21)25-14/h2-3,5,8-11,16-18,31-32H,1,4H2,(H,34,35)(H,36,37)(H2,20,22,23)(H3,21,25,26,33)/t5-,8-,9?,10?,11+,16-,17-,18+/m1/s1. The van der Waals surface area contributed by atoms with Crippen molar-refractivity contribution in [2.24, 2.45) is 0 Å². The predicted octanol–water partition coefficient (Wildman–Crippen LogP) is -2.95. The second-order valence-corrected chi connectivity index (χ2v) is 13.2. The van der Waals surface area contributed by atoms with Crippen molar-refractivity contribution in [1.82, 2.24) is 44.5 Å². The fraction of sp³-hybridized carbons (Fsp3) is 0.526. The molecule has 4 aromatic rings. The minimum Gasteiger partial charge on any atom is -0.386 e. The lowest BCUT2D eigenvalue weighted by molar-refractivity contribution is -0.170. The highest BCUT2D eigenvalue weighted by Crippen LogP contribution is 2.53. The van der Waals surface area contributed by atoms with Gasteiger partial charge in [-0.2, -0.15) is 9.67 Å². The Labute approximate surface area is 248 Å². The molecule has 26 heteroatoms. The summed E-state index contributed by atoms with van der Waals surface area (Å²) in [6.07, 6.45) is -12.1. The molecule has 2 bridgehead atoms. The molecular formula is C19H23N11O13P2. The average molecular weight is 675 g/mol. The van der Waals surface area contributed by atoms with Crippen LogP contribution in [0.1, 0.15) is 12.5 Å². The number of aromatic amines is 1. The van der Waals surface area contributed by atoms with Crippen molar-refractivity contribution in [3.8, 4) is 0 Å². The van der Waals surface area contributed by atoms with Gasteiger partial charge in [-0.25, -0.2) is 19.5 Å². The van der Waals surface area contributed by atoms with Crippen LogP contribution in [0.5, 0.6) is 0 Å². The molecule has 3 saturated heterocycles. The molecule has 4 aromatic heterocycles. The summed E-state index contributed by atoms with van der Waals surface area (Å²) in [4.78, 5) is 51.7. The summed E-state index contributed by atoms with van der Waals surface area (Å²) >= 11 is 0. The van der Waals surface area contributed by atoms with Gasteiger partial charge in [0, 0.05) is 0 Å². The first-order valence-corrected chi connectivity index (χ1v) is 16.1. The quantitative estimate of drug-likeness (QED) is 0.104. The fourth-order valence-electron chi connectivity index (χ4n) is 5.11. The van der Waals surface area contributed by atoms with Crippen molar-refractivity contribution < 1.29 is 56.9 Å². The van der Waals surface area contributed by atoms with E-state index in [-0.39, 0.29) is 34.1 Å². The number of aliphatic hydroxyl groups excluding tert-OH is 2. The molecule has 3 aliphatic heterocycles. The number of fused-ring (bicyclic) bond motifs is 5. The van der Waals surface area contributed by atoms with Crippen LogP contribution in [0.15, 0.2) is 17.4 Å². The Kier molecular flexibility index (Phi) is 7.23. The number of imidazole rings is 1. The van der Waals surface area contributed by atoms with E-state index < -0.39 is 83.2 Å². The number of nitrogens with zero attached hydrogens (tertiary/aromatic N) is 8. The molecule has 0 aromatic carbocycles. The van der Waals surface area contributed by atoms with E-state index in [2.05, 4.69) is 35.2 Å². The van der Waals surface area contributed by atoms with Gasteiger partial charge in [0.25, 0.3) is 5.56 Å². The van der Waals surface area contributed by atoms with Crippen LogP contribution in [0.4, 0.5) is 11.8 Å². The third-order valence-corrected chi connectivity index (χ3v) is 9.11. The van der Waals surface area contributed by atoms with Gasteiger partial charge in [-0.1, -0.05) is 5.21 Å². The lowest BCUT2D eigenvalue weighted by atomic mass is 10.1. The number of nitrogens with one attached hydrogen (secondary N) is 1. The van der Waals surface area contributed by atoms with Crippen LogP contribution in [-0.4, -0.2) is 114 Å². The third kappa shape index (κ3) is 5.29. The van der Waals surface area contributed by atoms with Crippen LogP contribution in [0.2, 0.25) is 0 Å². The van der Waals surface area contributed by atoms with Crippen molar-refractivity contribution in [2.75, 3.05) is 24.4 Å². The molecule has 0 aliphatic carbocycles. The van der Waals surface area contributed by atoms with E-state index in [4.69, 9.17) is 39.2 Å². The highest BCUT2D eigenvalue weighted by atomic mass is 31.2. The van der Waals surface area contributed by atoms with Gasteiger partial charge in [-0.15, -0.1) is 5.10 Å². The number of phosphoric acid groups is 1. The number of ether oxygens (including phenoxy) is 3. The van der Waals surface area contributed by atoms with Gasteiger partial charge in [0.2, 0.25) is 5.95 Å². The van der Waals surface area contributed by atoms with Gasteiger partial charge in [0.05, 0.1) is 12.9 Å². The van der Waals surface area contributed by atoms with Gasteiger partial charge in [0.15, 0.2) is 47.7 Å². The Hall–Kier alpha value is -3.51. The highest BCUT2D eigenvalue weighted by molar-refractivity contribution is 7.52. The number of H-pyrrole nitrogens is 1. The van der Waals surface area contributed by atoms with Crippen LogP contribution in [0.3, 0.4) is 0 Å². The smallest absolute Gasteiger partial charge is 0.386 e. The number of hydrogen-bond donors (Lipinski definition) is 7. The number of nitrogen functional groups attached to an aromatic ring is 2. The monoisotopic (exact) mass is 675 g/mol. The minimum absolute atomic E-state index is 0.0334. The summed E-state index contributed by atoms with van der Waals surface area (Å²) in [6.45, 7) is -0.839. The summed E-state index contributed by atoms with van der Waals surface area (Å²) in [7, 11) is -9.96. The number of aromatic nitrogens is 9. The van der Waals surface area contributed by atoms with Gasteiger partial charge in [0.1, 0.15) is 42.4 Å². The summed E-state index contributed by atoms with van der Waals surface area (Å²) < 4.78 is 60.9. The first-order valence-electron chi connectivity index (χ1n) is 12.8. The fourth-order valence-corrected chi connectivity index (χ4v) is 7.08. The molecule has 45 heavy (non-hydrogen) atoms.